The molecule has 0 fully saturated rings. The lowest BCUT2D eigenvalue weighted by Gasteiger charge is -1.96. The van der Waals surface area contributed by atoms with Gasteiger partial charge in [-0.25, -0.2) is 0 Å². The Balaban J connectivity index is 3.26. The second-order valence-electron chi connectivity index (χ2n) is 2.42. The molecule has 0 heterocycles. The van der Waals surface area contributed by atoms with E-state index in [2.05, 4.69) is 9.75 Å². The van der Waals surface area contributed by atoms with Gasteiger partial charge in [-0.05, 0) is 18.6 Å². The van der Waals surface area contributed by atoms with Gasteiger partial charge in [0.25, 0.3) is 5.69 Å². The molecule has 0 aliphatic carbocycles. The molecule has 0 aliphatic heterocycles. The highest BCUT2D eigenvalue weighted by atomic mass is 35.5. The Bertz CT molecular complexity index is 365. The van der Waals surface area contributed by atoms with E-state index in [4.69, 9.17) is 11.8 Å². The summed E-state index contributed by atoms with van der Waals surface area (Å²) in [6.07, 6.45) is 0. The third kappa shape index (κ3) is 2.22. The van der Waals surface area contributed by atoms with Crippen LogP contribution in [0.25, 0.3) is 0 Å². The zero-order valence-corrected chi connectivity index (χ0v) is 7.52. The van der Waals surface area contributed by atoms with Crippen LogP contribution in [0.3, 0.4) is 0 Å². The van der Waals surface area contributed by atoms with Crippen molar-refractivity contribution in [1.82, 2.24) is 0 Å². The van der Waals surface area contributed by atoms with Crippen LogP contribution in [0.4, 0.5) is 11.4 Å². The molecule has 1 aromatic rings. The van der Waals surface area contributed by atoms with Crippen LogP contribution in [0.15, 0.2) is 27.9 Å². The second-order valence-corrected chi connectivity index (χ2v) is 2.58. The third-order valence-corrected chi connectivity index (χ3v) is 1.55. The maximum Gasteiger partial charge on any atom is 0.297 e. The molecule has 0 N–H and O–H groups in total. The summed E-state index contributed by atoms with van der Waals surface area (Å²) in [5, 5.41) is 13.9. The van der Waals surface area contributed by atoms with E-state index in [1.807, 2.05) is 0 Å². The Morgan fingerprint density at radius 3 is 2.77 bits per heavy atom. The lowest BCUT2D eigenvalue weighted by Crippen LogP contribution is -1.88. The van der Waals surface area contributed by atoms with Crippen LogP contribution in [0.5, 0.6) is 0 Å². The monoisotopic (exact) mass is 199 g/mol. The fourth-order valence-corrected chi connectivity index (χ4v) is 0.986. The first kappa shape index (κ1) is 9.60. The Morgan fingerprint density at radius 1 is 1.54 bits per heavy atom. The van der Waals surface area contributed by atoms with Crippen LogP contribution in [-0.2, 0) is 0 Å². The van der Waals surface area contributed by atoms with E-state index < -0.39 is 4.92 Å². The van der Waals surface area contributed by atoms with Crippen LogP contribution in [-0.4, -0.2) is 4.92 Å². The fraction of sp³-hybridized carbons (Fsp3) is 0.143. The number of aryl methyl sites for hydroxylation is 1. The van der Waals surface area contributed by atoms with Crippen molar-refractivity contribution < 1.29 is 4.92 Å². The first-order chi connectivity index (χ1) is 6.15. The van der Waals surface area contributed by atoms with Crippen LogP contribution >= 0.6 is 11.8 Å². The van der Waals surface area contributed by atoms with Gasteiger partial charge >= 0.3 is 0 Å². The molecule has 1 rings (SSSR count). The normalized spacial score (nSPS) is 10.6. The first-order valence-electron chi connectivity index (χ1n) is 3.42. The van der Waals surface area contributed by atoms with Crippen LogP contribution in [0.1, 0.15) is 5.56 Å². The molecule has 0 aromatic heterocycles. The molecule has 68 valence electrons. The molecule has 5 nitrogen and oxygen atoms in total. The molecule has 1 aromatic carbocycles. The Hall–Kier alpha value is -1.49. The third-order valence-electron chi connectivity index (χ3n) is 1.47. The average molecular weight is 200 g/mol. The number of nitro benzene ring substituents is 1. The maximum absolute atomic E-state index is 10.5. The largest absolute Gasteiger partial charge is 0.297 e. The van der Waals surface area contributed by atoms with Crippen molar-refractivity contribution in [3.63, 3.8) is 0 Å². The lowest BCUT2D eigenvalue weighted by molar-refractivity contribution is -0.384. The molecule has 0 atom stereocenters. The van der Waals surface area contributed by atoms with Gasteiger partial charge in [0, 0.05) is 6.07 Å². The summed E-state index contributed by atoms with van der Waals surface area (Å²) in [7, 11) is 0. The summed E-state index contributed by atoms with van der Waals surface area (Å²) in [5.74, 6) is 0. The van der Waals surface area contributed by atoms with Crippen molar-refractivity contribution in [3.05, 3.63) is 33.9 Å². The highest BCUT2D eigenvalue weighted by Crippen LogP contribution is 2.28. The highest BCUT2D eigenvalue weighted by Gasteiger charge is 2.12. The Kier molecular flexibility index (Phi) is 2.92. The predicted molar refractivity (Wildman–Crippen MR) is 48.2 cm³/mol. The quantitative estimate of drug-likeness (QED) is 0.417. The number of nitrogens with zero attached hydrogens (tertiary/aromatic N) is 3. The minimum absolute atomic E-state index is 0.0931. The van der Waals surface area contributed by atoms with E-state index in [1.54, 1.807) is 13.0 Å². The zero-order valence-electron chi connectivity index (χ0n) is 6.77. The van der Waals surface area contributed by atoms with E-state index in [0.717, 1.165) is 5.56 Å². The molecule has 0 saturated carbocycles. The number of hydrogen-bond acceptors (Lipinski definition) is 4. The molecule has 0 saturated heterocycles. The molecule has 0 bridgehead atoms. The predicted octanol–water partition coefficient (Wildman–Crippen LogP) is 3.14. The van der Waals surface area contributed by atoms with E-state index >= 15 is 0 Å². The summed E-state index contributed by atoms with van der Waals surface area (Å²) in [4.78, 5) is 9.99. The smallest absolute Gasteiger partial charge is 0.258 e. The highest BCUT2D eigenvalue weighted by molar-refractivity contribution is 6.14. The van der Waals surface area contributed by atoms with Gasteiger partial charge in [-0.15, -0.1) is 5.11 Å². The van der Waals surface area contributed by atoms with Gasteiger partial charge in [0.2, 0.25) is 0 Å². The summed E-state index contributed by atoms with van der Waals surface area (Å²) in [6, 6.07) is 4.62. The topological polar surface area (TPSA) is 67.9 Å². The van der Waals surface area contributed by atoms with Crippen LogP contribution in [0.2, 0.25) is 0 Å². The van der Waals surface area contributed by atoms with Gasteiger partial charge in [0.05, 0.1) is 16.7 Å². The van der Waals surface area contributed by atoms with E-state index in [0.29, 0.717) is 0 Å². The molecule has 0 radical (unpaired) electrons. The number of hydrogen-bond donors (Lipinski definition) is 0. The molecular weight excluding hydrogens is 194 g/mol. The molecule has 0 amide bonds. The van der Waals surface area contributed by atoms with Crippen LogP contribution in [0, 0.1) is 17.0 Å². The number of nitro groups is 1. The van der Waals surface area contributed by atoms with Gasteiger partial charge in [0.1, 0.15) is 0 Å². The average Bonchev–Trinajstić information content (AvgIpc) is 2.08. The summed E-state index contributed by atoms with van der Waals surface area (Å²) < 4.78 is 2.97. The summed E-state index contributed by atoms with van der Waals surface area (Å²) in [6.45, 7) is 1.76. The second kappa shape index (κ2) is 3.95. The van der Waals surface area contributed by atoms with Gasteiger partial charge in [-0.1, -0.05) is 10.7 Å². The molecule has 0 aliphatic rings. The fourth-order valence-electron chi connectivity index (χ4n) is 0.905. The van der Waals surface area contributed by atoms with Crippen molar-refractivity contribution in [1.29, 1.82) is 0 Å². The van der Waals surface area contributed by atoms with Gasteiger partial charge < -0.3 is 0 Å². The molecule has 0 spiro atoms. The Morgan fingerprint density at radius 2 is 2.23 bits per heavy atom. The maximum atomic E-state index is 10.5. The standard InChI is InChI=1S/C7H6ClN3O2/c1-5-2-3-6(9-10-8)7(4-5)11(12)13/h2-4H,1H3. The van der Waals surface area contributed by atoms with Crippen molar-refractivity contribution in [3.8, 4) is 0 Å². The molecule has 13 heavy (non-hydrogen) atoms. The van der Waals surface area contributed by atoms with Crippen molar-refractivity contribution >= 4 is 23.2 Å². The van der Waals surface area contributed by atoms with Gasteiger partial charge in [0.15, 0.2) is 5.69 Å². The SMILES string of the molecule is Cc1ccc(N=NCl)c([N+](=O)[O-])c1. The van der Waals surface area contributed by atoms with Gasteiger partial charge in [-0.3, -0.25) is 10.1 Å². The van der Waals surface area contributed by atoms with E-state index in [-0.39, 0.29) is 11.4 Å². The lowest BCUT2D eigenvalue weighted by atomic mass is 10.2. The minimum Gasteiger partial charge on any atom is -0.258 e. The first-order valence-corrected chi connectivity index (χ1v) is 3.76. The molecule has 0 unspecified atom stereocenters. The summed E-state index contributed by atoms with van der Waals surface area (Å²) >= 11 is 4.99. The molecule has 6 heteroatoms. The summed E-state index contributed by atoms with van der Waals surface area (Å²) in [5.41, 5.74) is 0.857. The zero-order chi connectivity index (χ0) is 9.84. The van der Waals surface area contributed by atoms with E-state index in [9.17, 15) is 10.1 Å². The molecular formula is C7H6ClN3O2. The van der Waals surface area contributed by atoms with Gasteiger partial charge in [-0.2, -0.15) is 0 Å². The van der Waals surface area contributed by atoms with E-state index in [1.165, 1.54) is 12.1 Å². The van der Waals surface area contributed by atoms with Crippen molar-refractivity contribution in [2.75, 3.05) is 0 Å². The number of halogens is 1. The van der Waals surface area contributed by atoms with Crippen LogP contribution < -0.4 is 0 Å². The minimum atomic E-state index is -0.520. The van der Waals surface area contributed by atoms with Crippen molar-refractivity contribution in [2.45, 2.75) is 6.92 Å². The Labute approximate surface area is 79.3 Å². The number of benzene rings is 1. The van der Waals surface area contributed by atoms with Crippen molar-refractivity contribution in [2.24, 2.45) is 9.75 Å². The number of rotatable bonds is 2.